The molecule has 4 rings (SSSR count). The fourth-order valence-corrected chi connectivity index (χ4v) is 5.23. The molecule has 0 aliphatic heterocycles. The summed E-state index contributed by atoms with van der Waals surface area (Å²) in [4.78, 5) is 26.1. The van der Waals surface area contributed by atoms with Crippen molar-refractivity contribution in [3.05, 3.63) is 76.9 Å². The molecule has 0 spiro atoms. The molecule has 2 atom stereocenters. The van der Waals surface area contributed by atoms with Gasteiger partial charge in [-0.2, -0.15) is 0 Å². The van der Waals surface area contributed by atoms with Crippen LogP contribution in [0.15, 0.2) is 60.2 Å². The fraction of sp³-hybridized carbons (Fsp3) is 0.333. The van der Waals surface area contributed by atoms with Crippen LogP contribution in [0.5, 0.6) is 0 Å². The zero-order valence-electron chi connectivity index (χ0n) is 16.4. The fourth-order valence-electron chi connectivity index (χ4n) is 5.23. The summed E-state index contributed by atoms with van der Waals surface area (Å²) in [5, 5.41) is 0. The van der Waals surface area contributed by atoms with Crippen molar-refractivity contribution in [3.63, 3.8) is 0 Å². The van der Waals surface area contributed by atoms with Crippen molar-refractivity contribution in [1.82, 2.24) is 0 Å². The van der Waals surface area contributed by atoms with Gasteiger partial charge < -0.3 is 9.47 Å². The average molecular weight is 376 g/mol. The van der Waals surface area contributed by atoms with Gasteiger partial charge in [-0.3, -0.25) is 9.59 Å². The quantitative estimate of drug-likeness (QED) is 0.596. The Morgan fingerprint density at radius 3 is 2.18 bits per heavy atom. The molecule has 2 aromatic rings. The summed E-state index contributed by atoms with van der Waals surface area (Å²) in [6.07, 6.45) is 1.22. The van der Waals surface area contributed by atoms with Gasteiger partial charge in [-0.05, 0) is 47.9 Å². The predicted octanol–water partition coefficient (Wildman–Crippen LogP) is 4.15. The predicted molar refractivity (Wildman–Crippen MR) is 106 cm³/mol. The first kappa shape index (κ1) is 18.5. The van der Waals surface area contributed by atoms with Crippen LogP contribution in [0.2, 0.25) is 0 Å². The Morgan fingerprint density at radius 1 is 0.929 bits per heavy atom. The lowest BCUT2D eigenvalue weighted by molar-refractivity contribution is -0.169. The first-order valence-corrected chi connectivity index (χ1v) is 9.55. The van der Waals surface area contributed by atoms with Crippen LogP contribution in [-0.4, -0.2) is 26.2 Å². The molecule has 1 fully saturated rings. The Kier molecular flexibility index (Phi) is 4.58. The van der Waals surface area contributed by atoms with Crippen molar-refractivity contribution < 1.29 is 19.1 Å². The number of ether oxygens (including phenoxy) is 2. The largest absolute Gasteiger partial charge is 0.468 e. The van der Waals surface area contributed by atoms with Gasteiger partial charge in [0.05, 0.1) is 14.2 Å². The van der Waals surface area contributed by atoms with E-state index in [1.807, 2.05) is 36.4 Å². The Hall–Kier alpha value is -2.88. The van der Waals surface area contributed by atoms with Crippen molar-refractivity contribution in [2.75, 3.05) is 14.2 Å². The van der Waals surface area contributed by atoms with Crippen molar-refractivity contribution in [3.8, 4) is 0 Å². The molecule has 1 saturated carbocycles. The highest BCUT2D eigenvalue weighted by atomic mass is 16.5. The molecular weight excluding hydrogens is 352 g/mol. The normalized spacial score (nSPS) is 23.5. The van der Waals surface area contributed by atoms with Crippen LogP contribution in [0.3, 0.4) is 0 Å². The van der Waals surface area contributed by atoms with Gasteiger partial charge in [-0.1, -0.05) is 60.2 Å². The standard InChI is InChI=1S/C24H24O4/c1-15(16-9-5-4-6-10-16)20-18-13-17-11-7-8-12-19(17)21(20)24(14-18,22(25)27-2)23(26)28-3/h4-12,18,21H,13-14H2,1-3H3/b20-15+. The summed E-state index contributed by atoms with van der Waals surface area (Å²) in [5.74, 6) is -1.30. The highest BCUT2D eigenvalue weighted by Crippen LogP contribution is 2.62. The first-order chi connectivity index (χ1) is 13.5. The monoisotopic (exact) mass is 376 g/mol. The van der Waals surface area contributed by atoms with Crippen molar-refractivity contribution in [2.24, 2.45) is 11.3 Å². The molecule has 0 N–H and O–H groups in total. The lowest BCUT2D eigenvalue weighted by atomic mass is 9.69. The molecule has 2 unspecified atom stereocenters. The second-order valence-electron chi connectivity index (χ2n) is 7.64. The number of esters is 2. The van der Waals surface area contributed by atoms with Gasteiger partial charge >= 0.3 is 11.9 Å². The molecule has 28 heavy (non-hydrogen) atoms. The number of carbonyl (C=O) groups excluding carboxylic acids is 2. The van der Waals surface area contributed by atoms with Gasteiger partial charge in [0, 0.05) is 5.92 Å². The molecule has 0 heterocycles. The van der Waals surface area contributed by atoms with Gasteiger partial charge in [-0.15, -0.1) is 0 Å². The lowest BCUT2D eigenvalue weighted by Crippen LogP contribution is -2.43. The van der Waals surface area contributed by atoms with Crippen LogP contribution in [0.1, 0.15) is 36.0 Å². The van der Waals surface area contributed by atoms with Gasteiger partial charge in [0.2, 0.25) is 0 Å². The van der Waals surface area contributed by atoms with Crippen LogP contribution in [0, 0.1) is 11.3 Å². The molecule has 144 valence electrons. The maximum absolute atomic E-state index is 13.0. The number of fused-ring (bicyclic) bond motifs is 4. The van der Waals surface area contributed by atoms with Crippen LogP contribution in [0.4, 0.5) is 0 Å². The summed E-state index contributed by atoms with van der Waals surface area (Å²) in [6.45, 7) is 2.09. The van der Waals surface area contributed by atoms with Gasteiger partial charge in [-0.25, -0.2) is 0 Å². The Labute approximate surface area is 165 Å². The zero-order valence-corrected chi connectivity index (χ0v) is 16.4. The third-order valence-corrected chi connectivity index (χ3v) is 6.38. The van der Waals surface area contributed by atoms with Crippen LogP contribution in [-0.2, 0) is 25.5 Å². The Balaban J connectivity index is 2.01. The third kappa shape index (κ3) is 2.51. The maximum Gasteiger partial charge on any atom is 0.324 e. The molecule has 0 amide bonds. The summed E-state index contributed by atoms with van der Waals surface area (Å²) >= 11 is 0. The van der Waals surface area contributed by atoms with E-state index in [4.69, 9.17) is 9.47 Å². The van der Waals surface area contributed by atoms with E-state index in [1.54, 1.807) is 0 Å². The maximum atomic E-state index is 13.0. The lowest BCUT2D eigenvalue weighted by Gasteiger charge is -2.34. The second-order valence-corrected chi connectivity index (χ2v) is 7.64. The minimum Gasteiger partial charge on any atom is -0.468 e. The van der Waals surface area contributed by atoms with E-state index in [0.29, 0.717) is 6.42 Å². The summed E-state index contributed by atoms with van der Waals surface area (Å²) in [7, 11) is 2.68. The molecule has 2 aliphatic rings. The number of hydrogen-bond donors (Lipinski definition) is 0. The van der Waals surface area contributed by atoms with Crippen molar-refractivity contribution >= 4 is 17.5 Å². The molecule has 4 heteroatoms. The van der Waals surface area contributed by atoms with E-state index in [-0.39, 0.29) is 11.8 Å². The van der Waals surface area contributed by atoms with E-state index in [9.17, 15) is 9.59 Å². The Bertz CT molecular complexity index is 942. The molecule has 0 saturated heterocycles. The van der Waals surface area contributed by atoms with Crippen LogP contribution >= 0.6 is 0 Å². The summed E-state index contributed by atoms with van der Waals surface area (Å²) in [5.41, 5.74) is 4.26. The molecular formula is C24H24O4. The van der Waals surface area contributed by atoms with Gasteiger partial charge in [0.1, 0.15) is 0 Å². The number of benzene rings is 2. The van der Waals surface area contributed by atoms with Crippen LogP contribution < -0.4 is 0 Å². The second kappa shape index (κ2) is 6.93. The SMILES string of the molecule is COC(=O)C1(C(=O)OC)CC2Cc3ccccc3C1/C2=C(\C)c1ccccc1. The molecule has 0 aromatic heterocycles. The Morgan fingerprint density at radius 2 is 1.54 bits per heavy atom. The van der Waals surface area contributed by atoms with E-state index in [0.717, 1.165) is 28.7 Å². The minimum absolute atomic E-state index is 0.0957. The molecule has 4 nitrogen and oxygen atoms in total. The number of carbonyl (C=O) groups is 2. The van der Waals surface area contributed by atoms with Crippen molar-refractivity contribution in [2.45, 2.75) is 25.7 Å². The number of allylic oxidation sites excluding steroid dienone is 2. The average Bonchev–Trinajstić information content (AvgIpc) is 3.00. The highest BCUT2D eigenvalue weighted by Gasteiger charge is 2.64. The van der Waals surface area contributed by atoms with E-state index >= 15 is 0 Å². The third-order valence-electron chi connectivity index (χ3n) is 6.38. The minimum atomic E-state index is -1.34. The summed E-state index contributed by atoms with van der Waals surface area (Å²) < 4.78 is 10.3. The first-order valence-electron chi connectivity index (χ1n) is 9.55. The smallest absolute Gasteiger partial charge is 0.324 e. The van der Waals surface area contributed by atoms with Crippen molar-refractivity contribution in [1.29, 1.82) is 0 Å². The van der Waals surface area contributed by atoms with Gasteiger partial charge in [0.15, 0.2) is 5.41 Å². The van der Waals surface area contributed by atoms with Gasteiger partial charge in [0.25, 0.3) is 0 Å². The highest BCUT2D eigenvalue weighted by molar-refractivity contribution is 6.03. The zero-order chi connectivity index (χ0) is 19.9. The van der Waals surface area contributed by atoms with Crippen LogP contribution in [0.25, 0.3) is 5.57 Å². The number of rotatable bonds is 3. The summed E-state index contributed by atoms with van der Waals surface area (Å²) in [6, 6.07) is 18.2. The van der Waals surface area contributed by atoms with E-state index < -0.39 is 17.4 Å². The molecule has 0 radical (unpaired) electrons. The van der Waals surface area contributed by atoms with E-state index in [2.05, 4.69) is 25.1 Å². The van der Waals surface area contributed by atoms with E-state index in [1.165, 1.54) is 19.8 Å². The molecule has 2 aliphatic carbocycles. The molecule has 2 bridgehead atoms. The number of methoxy groups -OCH3 is 2. The molecule has 2 aromatic carbocycles. The topological polar surface area (TPSA) is 52.6 Å². The number of hydrogen-bond acceptors (Lipinski definition) is 4.